The number of nitrogens with zero attached hydrogens (tertiary/aromatic N) is 1. The van der Waals surface area contributed by atoms with Crippen LogP contribution in [0.3, 0.4) is 0 Å². The maximum absolute atomic E-state index is 13.9. The zero-order valence-electron chi connectivity index (χ0n) is 12.9. The van der Waals surface area contributed by atoms with Gasteiger partial charge in [0.1, 0.15) is 11.6 Å². The summed E-state index contributed by atoms with van der Waals surface area (Å²) in [5.74, 6) is -2.85. The zero-order chi connectivity index (χ0) is 18.2. The third-order valence-corrected chi connectivity index (χ3v) is 5.49. The number of carboxylic acid groups (broad SMARTS) is 1. The van der Waals surface area contributed by atoms with Gasteiger partial charge in [0.25, 0.3) is 5.91 Å². The molecule has 0 radical (unpaired) electrons. The fraction of sp³-hybridized carbons (Fsp3) is 0.250. The summed E-state index contributed by atoms with van der Waals surface area (Å²) in [5.41, 5.74) is 0.267. The fourth-order valence-corrected chi connectivity index (χ4v) is 3.76. The molecule has 1 saturated heterocycles. The van der Waals surface area contributed by atoms with Gasteiger partial charge in [-0.05, 0) is 30.3 Å². The fourth-order valence-electron chi connectivity index (χ4n) is 2.56. The molecule has 1 fully saturated rings. The predicted octanol–water partition coefficient (Wildman–Crippen LogP) is 1.65. The summed E-state index contributed by atoms with van der Waals surface area (Å²) in [5, 5.41) is 8.88. The highest BCUT2D eigenvalue weighted by Gasteiger charge is 2.26. The van der Waals surface area contributed by atoms with E-state index in [9.17, 15) is 22.4 Å². The summed E-state index contributed by atoms with van der Waals surface area (Å²) in [6.45, 7) is 0.105. The molecule has 3 rings (SSSR count). The summed E-state index contributed by atoms with van der Waals surface area (Å²) in [4.78, 5) is 24.7. The molecule has 0 saturated carbocycles. The van der Waals surface area contributed by atoms with Gasteiger partial charge in [0.15, 0.2) is 9.84 Å². The Labute approximate surface area is 142 Å². The minimum atomic E-state index is -3.13. The van der Waals surface area contributed by atoms with Crippen molar-refractivity contribution in [3.63, 3.8) is 0 Å². The van der Waals surface area contributed by atoms with Crippen molar-refractivity contribution in [3.8, 4) is 11.3 Å². The highest BCUT2D eigenvalue weighted by molar-refractivity contribution is 7.91. The molecule has 0 bridgehead atoms. The summed E-state index contributed by atoms with van der Waals surface area (Å²) >= 11 is 0. The Bertz CT molecular complexity index is 935. The number of sulfone groups is 1. The first kappa shape index (κ1) is 17.2. The largest absolute Gasteiger partial charge is 0.475 e. The normalized spacial score (nSPS) is 16.6. The van der Waals surface area contributed by atoms with Crippen LogP contribution in [0, 0.1) is 5.82 Å². The third-order valence-electron chi connectivity index (χ3n) is 3.88. The Morgan fingerprint density at radius 3 is 2.40 bits per heavy atom. The first-order chi connectivity index (χ1) is 11.7. The molecule has 2 heterocycles. The molecular formula is C16H14FNO6S. The Morgan fingerprint density at radius 1 is 1.12 bits per heavy atom. The van der Waals surface area contributed by atoms with Gasteiger partial charge in [0.05, 0.1) is 11.5 Å². The first-order valence-corrected chi connectivity index (χ1v) is 9.21. The number of rotatable bonds is 3. The van der Waals surface area contributed by atoms with Crippen molar-refractivity contribution in [1.29, 1.82) is 0 Å². The summed E-state index contributed by atoms with van der Waals surface area (Å²) in [7, 11) is -3.13. The molecule has 0 atom stereocenters. The number of carbonyl (C=O) groups excluding carboxylic acids is 1. The van der Waals surface area contributed by atoms with E-state index in [1.807, 2.05) is 0 Å². The highest BCUT2D eigenvalue weighted by Crippen LogP contribution is 2.25. The van der Waals surface area contributed by atoms with Gasteiger partial charge < -0.3 is 14.4 Å². The minimum Gasteiger partial charge on any atom is -0.475 e. The van der Waals surface area contributed by atoms with Gasteiger partial charge in [-0.2, -0.15) is 0 Å². The Hall–Kier alpha value is -2.68. The number of aromatic carboxylic acids is 1. The van der Waals surface area contributed by atoms with Crippen molar-refractivity contribution in [2.75, 3.05) is 24.6 Å². The molecule has 1 aromatic carbocycles. The van der Waals surface area contributed by atoms with Crippen molar-refractivity contribution in [1.82, 2.24) is 4.90 Å². The molecule has 0 spiro atoms. The number of furan rings is 1. The Morgan fingerprint density at radius 2 is 1.80 bits per heavy atom. The lowest BCUT2D eigenvalue weighted by atomic mass is 10.1. The van der Waals surface area contributed by atoms with Crippen LogP contribution in [0.15, 0.2) is 34.7 Å². The first-order valence-electron chi connectivity index (χ1n) is 7.39. The van der Waals surface area contributed by atoms with E-state index >= 15 is 0 Å². The van der Waals surface area contributed by atoms with E-state index in [4.69, 9.17) is 9.52 Å². The highest BCUT2D eigenvalue weighted by atomic mass is 32.2. The van der Waals surface area contributed by atoms with E-state index < -0.39 is 27.5 Å². The van der Waals surface area contributed by atoms with Crippen molar-refractivity contribution in [3.05, 3.63) is 47.5 Å². The zero-order valence-corrected chi connectivity index (χ0v) is 13.8. The standard InChI is InChI=1S/C16H14FNO6S/c17-12-8-10(13-1-2-14(24-13)16(20)21)7-11(9-12)15(19)18-3-5-25(22,23)6-4-18/h1-2,7-9H,3-6H2,(H,20,21). The monoisotopic (exact) mass is 367 g/mol. The molecule has 1 aliphatic heterocycles. The van der Waals surface area contributed by atoms with Gasteiger partial charge in [0, 0.05) is 24.2 Å². The van der Waals surface area contributed by atoms with Gasteiger partial charge in [-0.3, -0.25) is 4.79 Å². The minimum absolute atomic E-state index is 0.0440. The molecule has 0 unspecified atom stereocenters. The summed E-state index contributed by atoms with van der Waals surface area (Å²) in [6, 6.07) is 6.18. The van der Waals surface area contributed by atoms with E-state index in [1.54, 1.807) is 0 Å². The molecule has 0 aliphatic carbocycles. The molecule has 132 valence electrons. The molecule has 9 heteroatoms. The van der Waals surface area contributed by atoms with Gasteiger partial charge >= 0.3 is 5.97 Å². The predicted molar refractivity (Wildman–Crippen MR) is 85.6 cm³/mol. The number of benzene rings is 1. The molecule has 1 aromatic heterocycles. The van der Waals surface area contributed by atoms with Crippen LogP contribution < -0.4 is 0 Å². The molecule has 2 aromatic rings. The van der Waals surface area contributed by atoms with Crippen molar-refractivity contribution in [2.45, 2.75) is 0 Å². The number of halogens is 1. The average molecular weight is 367 g/mol. The SMILES string of the molecule is O=C(O)c1ccc(-c2cc(F)cc(C(=O)N3CCS(=O)(=O)CC3)c2)o1. The van der Waals surface area contributed by atoms with Crippen LogP contribution in [0.4, 0.5) is 4.39 Å². The second-order valence-electron chi connectivity index (χ2n) is 5.64. The molecular weight excluding hydrogens is 353 g/mol. The average Bonchev–Trinajstić information content (AvgIpc) is 3.04. The maximum atomic E-state index is 13.9. The Kier molecular flexibility index (Phi) is 4.34. The van der Waals surface area contributed by atoms with Crippen LogP contribution in [0.2, 0.25) is 0 Å². The van der Waals surface area contributed by atoms with Gasteiger partial charge in [-0.1, -0.05) is 0 Å². The number of carbonyl (C=O) groups is 2. The number of amides is 1. The van der Waals surface area contributed by atoms with Gasteiger partial charge in [-0.15, -0.1) is 0 Å². The van der Waals surface area contributed by atoms with E-state index in [0.717, 1.165) is 12.1 Å². The molecule has 1 aliphatic rings. The molecule has 7 nitrogen and oxygen atoms in total. The smallest absolute Gasteiger partial charge is 0.371 e. The lowest BCUT2D eigenvalue weighted by Crippen LogP contribution is -2.43. The van der Waals surface area contributed by atoms with E-state index in [1.165, 1.54) is 23.1 Å². The van der Waals surface area contributed by atoms with E-state index in [2.05, 4.69) is 0 Å². The molecule has 1 N–H and O–H groups in total. The Balaban J connectivity index is 1.88. The molecule has 25 heavy (non-hydrogen) atoms. The third kappa shape index (κ3) is 3.71. The number of carboxylic acids is 1. The quantitative estimate of drug-likeness (QED) is 0.884. The van der Waals surface area contributed by atoms with Crippen LogP contribution in [0.5, 0.6) is 0 Å². The summed E-state index contributed by atoms with van der Waals surface area (Å²) < 4.78 is 41.9. The van der Waals surface area contributed by atoms with Crippen LogP contribution in [-0.4, -0.2) is 54.9 Å². The maximum Gasteiger partial charge on any atom is 0.371 e. The second-order valence-corrected chi connectivity index (χ2v) is 7.95. The van der Waals surface area contributed by atoms with E-state index in [-0.39, 0.29) is 47.2 Å². The van der Waals surface area contributed by atoms with Crippen LogP contribution >= 0.6 is 0 Å². The molecule has 1 amide bonds. The topological polar surface area (TPSA) is 105 Å². The van der Waals surface area contributed by atoms with Crippen LogP contribution in [0.25, 0.3) is 11.3 Å². The van der Waals surface area contributed by atoms with Gasteiger partial charge in [0.2, 0.25) is 5.76 Å². The second kappa shape index (κ2) is 6.32. The van der Waals surface area contributed by atoms with Crippen LogP contribution in [0.1, 0.15) is 20.9 Å². The van der Waals surface area contributed by atoms with Gasteiger partial charge in [-0.25, -0.2) is 17.6 Å². The van der Waals surface area contributed by atoms with E-state index in [0.29, 0.717) is 0 Å². The lowest BCUT2D eigenvalue weighted by molar-refractivity contribution is 0.0662. The lowest BCUT2D eigenvalue weighted by Gasteiger charge is -2.26. The van der Waals surface area contributed by atoms with Crippen molar-refractivity contribution >= 4 is 21.7 Å². The summed E-state index contributed by atoms with van der Waals surface area (Å²) in [6.07, 6.45) is 0. The number of hydrogen-bond acceptors (Lipinski definition) is 5. The van der Waals surface area contributed by atoms with Crippen molar-refractivity contribution < 1.29 is 31.9 Å². The van der Waals surface area contributed by atoms with Crippen molar-refractivity contribution in [2.24, 2.45) is 0 Å². The number of hydrogen-bond donors (Lipinski definition) is 1. The van der Waals surface area contributed by atoms with Crippen LogP contribution in [-0.2, 0) is 9.84 Å².